The van der Waals surface area contributed by atoms with Crippen LogP contribution in [0.4, 0.5) is 10.1 Å². The van der Waals surface area contributed by atoms with E-state index in [1.54, 1.807) is 6.92 Å². The summed E-state index contributed by atoms with van der Waals surface area (Å²) in [6, 6.07) is 6.30. The van der Waals surface area contributed by atoms with Crippen molar-refractivity contribution in [1.82, 2.24) is 4.98 Å². The first kappa shape index (κ1) is 12.0. The van der Waals surface area contributed by atoms with Crippen molar-refractivity contribution in [3.05, 3.63) is 63.2 Å². The fourth-order valence-electron chi connectivity index (χ4n) is 1.64. The number of hydrogen-bond acceptors (Lipinski definition) is 3. The van der Waals surface area contributed by atoms with Gasteiger partial charge in [0.25, 0.3) is 5.69 Å². The summed E-state index contributed by atoms with van der Waals surface area (Å²) in [5.41, 5.74) is 0.837. The molecule has 1 aromatic heterocycles. The predicted octanol–water partition coefficient (Wildman–Crippen LogP) is 2.60. The van der Waals surface area contributed by atoms with Gasteiger partial charge in [0, 0.05) is 35.0 Å². The lowest BCUT2D eigenvalue weighted by molar-refractivity contribution is -0.384. The standard InChI is InChI=1S/C12H9FN2O3/c1-7-10(6-11(13)14-7)12(16)8-2-4-9(5-3-8)15(17)18/h2-6,14H,1H3. The maximum absolute atomic E-state index is 12.9. The van der Waals surface area contributed by atoms with E-state index in [0.717, 1.165) is 6.07 Å². The summed E-state index contributed by atoms with van der Waals surface area (Å²) in [5.74, 6) is -0.958. The minimum atomic E-state index is -0.585. The lowest BCUT2D eigenvalue weighted by Gasteiger charge is -1.99. The molecule has 0 saturated carbocycles. The van der Waals surface area contributed by atoms with Crippen molar-refractivity contribution >= 4 is 11.5 Å². The molecule has 0 spiro atoms. The summed E-state index contributed by atoms with van der Waals surface area (Å²) in [6.07, 6.45) is 0. The van der Waals surface area contributed by atoms with Crippen LogP contribution in [0.2, 0.25) is 0 Å². The van der Waals surface area contributed by atoms with Crippen LogP contribution >= 0.6 is 0 Å². The number of carbonyl (C=O) groups excluding carboxylic acids is 1. The highest BCUT2D eigenvalue weighted by Crippen LogP contribution is 2.17. The van der Waals surface area contributed by atoms with Crippen molar-refractivity contribution in [3.8, 4) is 0 Å². The largest absolute Gasteiger partial charge is 0.335 e. The van der Waals surface area contributed by atoms with E-state index in [1.165, 1.54) is 24.3 Å². The minimum Gasteiger partial charge on any atom is -0.335 e. The van der Waals surface area contributed by atoms with Gasteiger partial charge in [-0.2, -0.15) is 4.39 Å². The van der Waals surface area contributed by atoms with Crippen molar-refractivity contribution in [3.63, 3.8) is 0 Å². The monoisotopic (exact) mass is 248 g/mol. The number of nitro benzene ring substituents is 1. The molecule has 0 aliphatic rings. The molecular weight excluding hydrogens is 239 g/mol. The highest BCUT2D eigenvalue weighted by Gasteiger charge is 2.16. The van der Waals surface area contributed by atoms with Crippen molar-refractivity contribution in [2.75, 3.05) is 0 Å². The average molecular weight is 248 g/mol. The molecule has 0 saturated heterocycles. The van der Waals surface area contributed by atoms with Crippen LogP contribution < -0.4 is 0 Å². The number of nitro groups is 1. The van der Waals surface area contributed by atoms with E-state index in [4.69, 9.17) is 0 Å². The van der Waals surface area contributed by atoms with Gasteiger partial charge in [-0.15, -0.1) is 0 Å². The Morgan fingerprint density at radius 2 is 1.94 bits per heavy atom. The molecule has 18 heavy (non-hydrogen) atoms. The number of aromatic nitrogens is 1. The second-order valence-electron chi connectivity index (χ2n) is 3.79. The number of non-ortho nitro benzene ring substituents is 1. The first-order chi connectivity index (χ1) is 8.49. The normalized spacial score (nSPS) is 10.3. The maximum Gasteiger partial charge on any atom is 0.269 e. The molecule has 92 valence electrons. The van der Waals surface area contributed by atoms with E-state index >= 15 is 0 Å². The van der Waals surface area contributed by atoms with Gasteiger partial charge in [-0.25, -0.2) is 0 Å². The number of carbonyl (C=O) groups is 1. The number of aromatic amines is 1. The molecule has 6 heteroatoms. The summed E-state index contributed by atoms with van der Waals surface area (Å²) in [7, 11) is 0. The van der Waals surface area contributed by atoms with Gasteiger partial charge in [-0.1, -0.05) is 0 Å². The van der Waals surface area contributed by atoms with Gasteiger partial charge in [-0.3, -0.25) is 14.9 Å². The van der Waals surface area contributed by atoms with Gasteiger partial charge < -0.3 is 4.98 Å². The second-order valence-corrected chi connectivity index (χ2v) is 3.79. The molecule has 1 N–H and O–H groups in total. The summed E-state index contributed by atoms with van der Waals surface area (Å²) in [4.78, 5) is 24.3. The Labute approximate surface area is 101 Å². The Hall–Kier alpha value is -2.50. The number of aryl methyl sites for hydroxylation is 1. The third-order valence-corrected chi connectivity index (χ3v) is 2.57. The number of benzene rings is 1. The van der Waals surface area contributed by atoms with Crippen LogP contribution in [0.5, 0.6) is 0 Å². The fourth-order valence-corrected chi connectivity index (χ4v) is 1.64. The average Bonchev–Trinajstić information content (AvgIpc) is 2.67. The first-order valence-corrected chi connectivity index (χ1v) is 5.13. The van der Waals surface area contributed by atoms with E-state index < -0.39 is 10.9 Å². The summed E-state index contributed by atoms with van der Waals surface area (Å²) in [6.45, 7) is 1.59. The second kappa shape index (κ2) is 4.40. The van der Waals surface area contributed by atoms with Gasteiger partial charge >= 0.3 is 0 Å². The van der Waals surface area contributed by atoms with E-state index in [9.17, 15) is 19.3 Å². The van der Waals surface area contributed by atoms with Crippen molar-refractivity contribution < 1.29 is 14.1 Å². The zero-order valence-corrected chi connectivity index (χ0v) is 9.44. The third kappa shape index (κ3) is 2.13. The third-order valence-electron chi connectivity index (χ3n) is 2.57. The van der Waals surface area contributed by atoms with Gasteiger partial charge in [0.15, 0.2) is 11.7 Å². The quantitative estimate of drug-likeness (QED) is 0.515. The number of nitrogens with one attached hydrogen (secondary N) is 1. The number of hydrogen-bond donors (Lipinski definition) is 1. The molecule has 0 bridgehead atoms. The fraction of sp³-hybridized carbons (Fsp3) is 0.0833. The molecule has 1 aromatic carbocycles. The molecule has 0 radical (unpaired) electrons. The number of ketones is 1. The molecule has 0 unspecified atom stereocenters. The Kier molecular flexibility index (Phi) is 2.93. The Balaban J connectivity index is 2.34. The van der Waals surface area contributed by atoms with Crippen LogP contribution in [0.1, 0.15) is 21.6 Å². The van der Waals surface area contributed by atoms with Gasteiger partial charge in [0.05, 0.1) is 4.92 Å². The van der Waals surface area contributed by atoms with Gasteiger partial charge in [0.2, 0.25) is 0 Å². The maximum atomic E-state index is 12.9. The molecule has 0 atom stereocenters. The zero-order valence-electron chi connectivity index (χ0n) is 9.44. The Morgan fingerprint density at radius 1 is 1.33 bits per heavy atom. The summed E-state index contributed by atoms with van der Waals surface area (Å²) < 4.78 is 12.9. The van der Waals surface area contributed by atoms with Crippen LogP contribution in [-0.4, -0.2) is 15.7 Å². The molecular formula is C12H9FN2O3. The van der Waals surface area contributed by atoms with Gasteiger partial charge in [0.1, 0.15) is 0 Å². The Morgan fingerprint density at radius 3 is 2.39 bits per heavy atom. The van der Waals surface area contributed by atoms with Crippen LogP contribution in [0.15, 0.2) is 30.3 Å². The number of halogens is 1. The molecule has 1 heterocycles. The summed E-state index contributed by atoms with van der Waals surface area (Å²) in [5, 5.41) is 10.5. The van der Waals surface area contributed by atoms with Crippen LogP contribution in [0.25, 0.3) is 0 Å². The molecule has 0 aliphatic heterocycles. The minimum absolute atomic E-state index is 0.0940. The van der Waals surface area contributed by atoms with Crippen LogP contribution in [-0.2, 0) is 0 Å². The topological polar surface area (TPSA) is 76.0 Å². The van der Waals surface area contributed by atoms with Crippen LogP contribution in [0.3, 0.4) is 0 Å². The lowest BCUT2D eigenvalue weighted by atomic mass is 10.0. The molecule has 2 rings (SSSR count). The van der Waals surface area contributed by atoms with E-state index in [2.05, 4.69) is 4.98 Å². The van der Waals surface area contributed by atoms with Crippen molar-refractivity contribution in [2.24, 2.45) is 0 Å². The SMILES string of the molecule is Cc1[nH]c(F)cc1C(=O)c1ccc([N+](=O)[O-])cc1. The van der Waals surface area contributed by atoms with Gasteiger partial charge in [-0.05, 0) is 19.1 Å². The Bertz CT molecular complexity index is 617. The zero-order chi connectivity index (χ0) is 13.3. The number of rotatable bonds is 3. The van der Waals surface area contributed by atoms with Crippen molar-refractivity contribution in [2.45, 2.75) is 6.92 Å². The van der Waals surface area contributed by atoms with Crippen LogP contribution in [0, 0.1) is 23.0 Å². The molecule has 0 aliphatic carbocycles. The smallest absolute Gasteiger partial charge is 0.269 e. The molecule has 0 amide bonds. The lowest BCUT2D eigenvalue weighted by Crippen LogP contribution is -2.02. The first-order valence-electron chi connectivity index (χ1n) is 5.13. The van der Waals surface area contributed by atoms with Crippen molar-refractivity contribution in [1.29, 1.82) is 0 Å². The highest BCUT2D eigenvalue weighted by atomic mass is 19.1. The summed E-state index contributed by atoms with van der Waals surface area (Å²) >= 11 is 0. The highest BCUT2D eigenvalue weighted by molar-refractivity contribution is 6.09. The van der Waals surface area contributed by atoms with E-state index in [-0.39, 0.29) is 22.6 Å². The molecule has 2 aromatic rings. The van der Waals surface area contributed by atoms with E-state index in [0.29, 0.717) is 5.69 Å². The van der Waals surface area contributed by atoms with E-state index in [1.807, 2.05) is 0 Å². The predicted molar refractivity (Wildman–Crippen MR) is 62.0 cm³/mol. The molecule has 5 nitrogen and oxygen atoms in total. The number of H-pyrrole nitrogens is 1. The number of nitrogens with zero attached hydrogens (tertiary/aromatic N) is 1. The molecule has 0 fully saturated rings.